The number of rotatable bonds is 5. The van der Waals surface area contributed by atoms with E-state index in [1.54, 1.807) is 0 Å². The van der Waals surface area contributed by atoms with Crippen molar-refractivity contribution in [3.8, 4) is 0 Å². The van der Waals surface area contributed by atoms with E-state index in [2.05, 4.69) is 12.1 Å². The first-order chi connectivity index (χ1) is 12.1. The van der Waals surface area contributed by atoms with Crippen molar-refractivity contribution in [2.45, 2.75) is 37.8 Å². The monoisotopic (exact) mass is 344 g/mol. The van der Waals surface area contributed by atoms with Gasteiger partial charge in [-0.05, 0) is 31.2 Å². The number of aliphatic hydroxyl groups is 1. The Morgan fingerprint density at radius 3 is 2.76 bits per heavy atom. The van der Waals surface area contributed by atoms with Gasteiger partial charge in [-0.2, -0.15) is 0 Å². The Morgan fingerprint density at radius 1 is 1.28 bits per heavy atom. The van der Waals surface area contributed by atoms with Crippen LogP contribution in [0.1, 0.15) is 24.8 Å². The summed E-state index contributed by atoms with van der Waals surface area (Å²) in [4.78, 5) is 27.9. The van der Waals surface area contributed by atoms with Gasteiger partial charge in [0.05, 0.1) is 13.2 Å². The molecule has 3 atom stereocenters. The molecular formula is C19H24N2O4. The van der Waals surface area contributed by atoms with Crippen LogP contribution in [0.2, 0.25) is 0 Å². The van der Waals surface area contributed by atoms with Gasteiger partial charge in [-0.15, -0.1) is 0 Å². The zero-order valence-corrected chi connectivity index (χ0v) is 14.3. The summed E-state index contributed by atoms with van der Waals surface area (Å²) in [6.45, 7) is 0.994. The molecular weight excluding hydrogens is 320 g/mol. The third kappa shape index (κ3) is 2.78. The average Bonchev–Trinajstić information content (AvgIpc) is 3.30. The zero-order valence-electron chi connectivity index (χ0n) is 14.3. The average molecular weight is 344 g/mol. The number of benzene rings is 1. The fourth-order valence-electron chi connectivity index (χ4n) is 4.90. The predicted octanol–water partition coefficient (Wildman–Crippen LogP) is 1.42. The lowest BCUT2D eigenvalue weighted by atomic mass is 9.70. The van der Waals surface area contributed by atoms with E-state index >= 15 is 0 Å². The summed E-state index contributed by atoms with van der Waals surface area (Å²) in [5.41, 5.74) is 0.922. The highest BCUT2D eigenvalue weighted by Crippen LogP contribution is 2.51. The molecule has 3 fully saturated rings. The van der Waals surface area contributed by atoms with Crippen molar-refractivity contribution < 1.29 is 19.4 Å². The van der Waals surface area contributed by atoms with Crippen LogP contribution in [0.4, 0.5) is 4.79 Å². The van der Waals surface area contributed by atoms with Gasteiger partial charge < -0.3 is 14.7 Å². The van der Waals surface area contributed by atoms with Crippen LogP contribution in [0.25, 0.3) is 0 Å². The first kappa shape index (κ1) is 16.4. The van der Waals surface area contributed by atoms with Gasteiger partial charge in [-0.3, -0.25) is 9.69 Å². The van der Waals surface area contributed by atoms with E-state index in [0.29, 0.717) is 13.2 Å². The van der Waals surface area contributed by atoms with Crippen LogP contribution in [-0.4, -0.2) is 65.3 Å². The normalized spacial score (nSPS) is 30.8. The number of amides is 2. The van der Waals surface area contributed by atoms with Crippen LogP contribution in [-0.2, 0) is 16.0 Å². The molecule has 3 aliphatic rings. The van der Waals surface area contributed by atoms with Crippen molar-refractivity contribution >= 4 is 12.0 Å². The molecule has 3 saturated heterocycles. The van der Waals surface area contributed by atoms with Gasteiger partial charge in [-0.1, -0.05) is 30.3 Å². The molecule has 0 spiro atoms. The highest BCUT2D eigenvalue weighted by atomic mass is 16.6. The van der Waals surface area contributed by atoms with Gasteiger partial charge in [0.2, 0.25) is 5.91 Å². The minimum Gasteiger partial charge on any atom is -0.448 e. The van der Waals surface area contributed by atoms with E-state index < -0.39 is 6.09 Å². The summed E-state index contributed by atoms with van der Waals surface area (Å²) in [7, 11) is 0. The van der Waals surface area contributed by atoms with Crippen LogP contribution in [0.3, 0.4) is 0 Å². The topological polar surface area (TPSA) is 70.1 Å². The smallest absolute Gasteiger partial charge is 0.410 e. The van der Waals surface area contributed by atoms with Crippen LogP contribution in [0.5, 0.6) is 0 Å². The number of aliphatic hydroxyl groups excluding tert-OH is 1. The van der Waals surface area contributed by atoms with E-state index in [-0.39, 0.29) is 36.6 Å². The van der Waals surface area contributed by atoms with E-state index in [1.807, 2.05) is 23.1 Å². The van der Waals surface area contributed by atoms with Gasteiger partial charge in [-0.25, -0.2) is 4.79 Å². The van der Waals surface area contributed by atoms with Gasteiger partial charge in [0.25, 0.3) is 0 Å². The third-order valence-electron chi connectivity index (χ3n) is 6.02. The minimum atomic E-state index is -0.405. The van der Waals surface area contributed by atoms with Crippen molar-refractivity contribution in [1.82, 2.24) is 9.80 Å². The summed E-state index contributed by atoms with van der Waals surface area (Å²) < 4.78 is 4.92. The standard InChI is InChI=1S/C19H24N2O4/c22-13-19(10-14-4-2-1-3-5-14)11-15-6-7-16(19)21(15)17(23)12-20-8-9-25-18(20)24/h1-5,15-16,22H,6-13H2/t15-,16+,19-/m0/s1. The lowest BCUT2D eigenvalue weighted by molar-refractivity contribution is -0.133. The number of ether oxygens (including phenoxy) is 1. The lowest BCUT2D eigenvalue weighted by Gasteiger charge is -2.36. The maximum Gasteiger partial charge on any atom is 0.410 e. The van der Waals surface area contributed by atoms with Crippen molar-refractivity contribution in [2.24, 2.45) is 5.41 Å². The number of hydrogen-bond acceptors (Lipinski definition) is 4. The molecule has 2 bridgehead atoms. The molecule has 0 unspecified atom stereocenters. The third-order valence-corrected chi connectivity index (χ3v) is 6.02. The Labute approximate surface area is 147 Å². The summed E-state index contributed by atoms with van der Waals surface area (Å²) >= 11 is 0. The Kier molecular flexibility index (Phi) is 4.15. The van der Waals surface area contributed by atoms with Gasteiger partial charge >= 0.3 is 6.09 Å². The first-order valence-electron chi connectivity index (χ1n) is 9.01. The number of nitrogens with zero attached hydrogens (tertiary/aromatic N) is 2. The number of carbonyl (C=O) groups is 2. The first-order valence-corrected chi connectivity index (χ1v) is 9.01. The second-order valence-corrected chi connectivity index (χ2v) is 7.47. The Balaban J connectivity index is 1.51. The number of cyclic esters (lactones) is 1. The molecule has 1 N–H and O–H groups in total. The molecule has 4 rings (SSSR count). The summed E-state index contributed by atoms with van der Waals surface area (Å²) in [6.07, 6.45) is 3.11. The molecule has 25 heavy (non-hydrogen) atoms. The molecule has 0 aromatic heterocycles. The Bertz CT molecular complexity index is 665. The molecule has 0 saturated carbocycles. The van der Waals surface area contributed by atoms with Gasteiger partial charge in [0.1, 0.15) is 13.2 Å². The van der Waals surface area contributed by atoms with E-state index in [0.717, 1.165) is 25.7 Å². The number of hydrogen-bond donors (Lipinski definition) is 1. The van der Waals surface area contributed by atoms with Crippen molar-refractivity contribution in [3.63, 3.8) is 0 Å². The van der Waals surface area contributed by atoms with E-state index in [4.69, 9.17) is 4.74 Å². The molecule has 1 aromatic carbocycles. The molecule has 0 radical (unpaired) electrons. The fourth-order valence-corrected chi connectivity index (χ4v) is 4.90. The second kappa shape index (κ2) is 6.33. The quantitative estimate of drug-likeness (QED) is 0.877. The molecule has 6 heteroatoms. The molecule has 3 heterocycles. The highest BCUT2D eigenvalue weighted by Gasteiger charge is 2.57. The maximum absolute atomic E-state index is 12.9. The Hall–Kier alpha value is -2.08. The van der Waals surface area contributed by atoms with Crippen LogP contribution in [0, 0.1) is 5.41 Å². The molecule has 134 valence electrons. The second-order valence-electron chi connectivity index (χ2n) is 7.47. The highest BCUT2D eigenvalue weighted by molar-refractivity contribution is 5.84. The van der Waals surface area contributed by atoms with Crippen molar-refractivity contribution in [2.75, 3.05) is 26.3 Å². The predicted molar refractivity (Wildman–Crippen MR) is 90.9 cm³/mol. The molecule has 0 aliphatic carbocycles. The van der Waals surface area contributed by atoms with E-state index in [1.165, 1.54) is 10.5 Å². The van der Waals surface area contributed by atoms with Crippen LogP contribution >= 0.6 is 0 Å². The minimum absolute atomic E-state index is 0.0188. The lowest BCUT2D eigenvalue weighted by Crippen LogP contribution is -2.47. The SMILES string of the molecule is O=C1OCCN1CC(=O)N1[C@H]2CC[C@@H]1[C@@](CO)(Cc1ccccc1)C2. The zero-order chi connectivity index (χ0) is 17.4. The van der Waals surface area contributed by atoms with Crippen LogP contribution < -0.4 is 0 Å². The fraction of sp³-hybridized carbons (Fsp3) is 0.579. The molecule has 3 aliphatic heterocycles. The Morgan fingerprint density at radius 2 is 2.08 bits per heavy atom. The van der Waals surface area contributed by atoms with E-state index in [9.17, 15) is 14.7 Å². The number of fused-ring (bicyclic) bond motifs is 2. The molecule has 6 nitrogen and oxygen atoms in total. The van der Waals surface area contributed by atoms with Crippen molar-refractivity contribution in [1.29, 1.82) is 0 Å². The summed E-state index contributed by atoms with van der Waals surface area (Å²) in [5.74, 6) is -0.0188. The maximum atomic E-state index is 12.9. The van der Waals surface area contributed by atoms with Crippen LogP contribution in [0.15, 0.2) is 30.3 Å². The van der Waals surface area contributed by atoms with Crippen molar-refractivity contribution in [3.05, 3.63) is 35.9 Å². The van der Waals surface area contributed by atoms with Gasteiger partial charge in [0.15, 0.2) is 0 Å². The number of carbonyl (C=O) groups excluding carboxylic acids is 2. The summed E-state index contributed by atoms with van der Waals surface area (Å²) in [5, 5.41) is 10.2. The van der Waals surface area contributed by atoms with Gasteiger partial charge in [0, 0.05) is 17.5 Å². The largest absolute Gasteiger partial charge is 0.448 e. The summed E-state index contributed by atoms with van der Waals surface area (Å²) in [6, 6.07) is 10.4. The molecule has 2 amide bonds. The molecule has 1 aromatic rings.